The maximum Gasteiger partial charge on any atom is 0.0667 e. The SMILES string of the molecule is C1=Nc2ccccc2C1(Cc1c[nH]c2ccccc12)Cc1c[nH]c2ccccc12. The van der Waals surface area contributed by atoms with Gasteiger partial charge in [-0.05, 0) is 47.7 Å². The molecule has 2 aromatic heterocycles. The first-order valence-corrected chi connectivity index (χ1v) is 10.1. The van der Waals surface area contributed by atoms with Gasteiger partial charge in [0.1, 0.15) is 0 Å². The summed E-state index contributed by atoms with van der Waals surface area (Å²) >= 11 is 0. The first kappa shape index (κ1) is 16.4. The molecule has 140 valence electrons. The Morgan fingerprint density at radius 2 is 1.21 bits per heavy atom. The van der Waals surface area contributed by atoms with E-state index in [4.69, 9.17) is 4.99 Å². The number of aromatic nitrogens is 2. The molecule has 0 saturated carbocycles. The molecule has 3 nitrogen and oxygen atoms in total. The summed E-state index contributed by atoms with van der Waals surface area (Å²) in [4.78, 5) is 11.7. The third kappa shape index (κ3) is 2.54. The highest BCUT2D eigenvalue weighted by atomic mass is 14.8. The van der Waals surface area contributed by atoms with Crippen molar-refractivity contribution in [2.24, 2.45) is 4.99 Å². The van der Waals surface area contributed by atoms with Crippen molar-refractivity contribution < 1.29 is 0 Å². The van der Waals surface area contributed by atoms with Gasteiger partial charge in [-0.25, -0.2) is 0 Å². The summed E-state index contributed by atoms with van der Waals surface area (Å²) in [7, 11) is 0. The van der Waals surface area contributed by atoms with Gasteiger partial charge in [0, 0.05) is 45.8 Å². The molecule has 2 N–H and O–H groups in total. The first-order valence-electron chi connectivity index (χ1n) is 10.1. The topological polar surface area (TPSA) is 43.9 Å². The molecule has 0 aliphatic carbocycles. The Morgan fingerprint density at radius 3 is 1.86 bits per heavy atom. The van der Waals surface area contributed by atoms with Crippen molar-refractivity contribution in [3.8, 4) is 0 Å². The summed E-state index contributed by atoms with van der Waals surface area (Å²) in [5, 5.41) is 2.59. The number of para-hydroxylation sites is 3. The zero-order valence-corrected chi connectivity index (χ0v) is 16.0. The van der Waals surface area contributed by atoms with E-state index in [1.165, 1.54) is 38.5 Å². The van der Waals surface area contributed by atoms with Crippen molar-refractivity contribution in [1.82, 2.24) is 9.97 Å². The van der Waals surface area contributed by atoms with Gasteiger partial charge >= 0.3 is 0 Å². The van der Waals surface area contributed by atoms with Crippen LogP contribution >= 0.6 is 0 Å². The molecule has 0 spiro atoms. The summed E-state index contributed by atoms with van der Waals surface area (Å²) < 4.78 is 0. The lowest BCUT2D eigenvalue weighted by Gasteiger charge is -2.28. The van der Waals surface area contributed by atoms with Crippen LogP contribution in [0.4, 0.5) is 5.69 Å². The number of benzene rings is 3. The van der Waals surface area contributed by atoms with Crippen LogP contribution in [0.15, 0.2) is 90.2 Å². The summed E-state index contributed by atoms with van der Waals surface area (Å²) in [5.74, 6) is 0. The maximum absolute atomic E-state index is 4.83. The van der Waals surface area contributed by atoms with E-state index >= 15 is 0 Å². The van der Waals surface area contributed by atoms with Crippen LogP contribution in [0.3, 0.4) is 0 Å². The summed E-state index contributed by atoms with van der Waals surface area (Å²) in [6.45, 7) is 0. The molecule has 0 bridgehead atoms. The summed E-state index contributed by atoms with van der Waals surface area (Å²) in [6, 6.07) is 25.7. The highest BCUT2D eigenvalue weighted by Crippen LogP contribution is 2.43. The molecular formula is C26H21N3. The zero-order chi connectivity index (χ0) is 19.3. The van der Waals surface area contributed by atoms with Crippen molar-refractivity contribution >= 4 is 33.7 Å². The predicted molar refractivity (Wildman–Crippen MR) is 120 cm³/mol. The Labute approximate surface area is 169 Å². The van der Waals surface area contributed by atoms with Crippen LogP contribution in [0.25, 0.3) is 21.8 Å². The Kier molecular flexibility index (Phi) is 3.51. The van der Waals surface area contributed by atoms with Gasteiger partial charge in [0.05, 0.1) is 5.69 Å². The number of fused-ring (bicyclic) bond motifs is 3. The Hall–Kier alpha value is -3.59. The molecule has 0 unspecified atom stereocenters. The molecule has 3 heterocycles. The average molecular weight is 375 g/mol. The molecule has 0 atom stereocenters. The minimum Gasteiger partial charge on any atom is -0.361 e. The van der Waals surface area contributed by atoms with Gasteiger partial charge < -0.3 is 9.97 Å². The van der Waals surface area contributed by atoms with Crippen molar-refractivity contribution in [2.75, 3.05) is 0 Å². The fourth-order valence-corrected chi connectivity index (χ4v) is 4.85. The monoisotopic (exact) mass is 375 g/mol. The predicted octanol–water partition coefficient (Wildman–Crippen LogP) is 6.09. The van der Waals surface area contributed by atoms with Crippen LogP contribution in [0.2, 0.25) is 0 Å². The second-order valence-electron chi connectivity index (χ2n) is 8.00. The minimum absolute atomic E-state index is 0.160. The molecular weight excluding hydrogens is 354 g/mol. The highest BCUT2D eigenvalue weighted by Gasteiger charge is 2.37. The number of rotatable bonds is 4. The maximum atomic E-state index is 4.83. The van der Waals surface area contributed by atoms with Crippen LogP contribution in [-0.2, 0) is 18.3 Å². The largest absolute Gasteiger partial charge is 0.361 e. The number of H-pyrrole nitrogens is 2. The second-order valence-corrected chi connectivity index (χ2v) is 8.00. The third-order valence-electron chi connectivity index (χ3n) is 6.25. The number of aromatic amines is 2. The van der Waals surface area contributed by atoms with Crippen molar-refractivity contribution in [3.63, 3.8) is 0 Å². The number of nitrogens with one attached hydrogen (secondary N) is 2. The molecule has 5 aromatic rings. The molecule has 3 aromatic carbocycles. The average Bonchev–Trinajstić information content (AvgIpc) is 3.46. The van der Waals surface area contributed by atoms with Crippen molar-refractivity contribution in [1.29, 1.82) is 0 Å². The van der Waals surface area contributed by atoms with Gasteiger partial charge in [0.15, 0.2) is 0 Å². The summed E-state index contributed by atoms with van der Waals surface area (Å²) in [6.07, 6.45) is 8.34. The Bertz CT molecular complexity index is 1290. The molecule has 0 saturated heterocycles. The van der Waals surface area contributed by atoms with Gasteiger partial charge in [0.2, 0.25) is 0 Å². The fourth-order valence-electron chi connectivity index (χ4n) is 4.85. The fraction of sp³-hybridized carbons (Fsp3) is 0.115. The molecule has 1 aliphatic heterocycles. The van der Waals surface area contributed by atoms with E-state index in [0.29, 0.717) is 0 Å². The van der Waals surface area contributed by atoms with Crippen LogP contribution in [0.1, 0.15) is 16.7 Å². The van der Waals surface area contributed by atoms with Crippen LogP contribution in [0, 0.1) is 0 Å². The van der Waals surface area contributed by atoms with Crippen molar-refractivity contribution in [3.05, 3.63) is 102 Å². The minimum atomic E-state index is -0.160. The smallest absolute Gasteiger partial charge is 0.0667 e. The molecule has 29 heavy (non-hydrogen) atoms. The normalized spacial score (nSPS) is 14.6. The number of hydrogen-bond donors (Lipinski definition) is 2. The van der Waals surface area contributed by atoms with Gasteiger partial charge in [-0.15, -0.1) is 0 Å². The van der Waals surface area contributed by atoms with Crippen LogP contribution in [0.5, 0.6) is 0 Å². The standard InChI is InChI=1S/C26H21N3/c1-4-10-23-20(7-1)18(15-27-23)13-26(17-29-25-12-6-3-9-22(25)26)14-19-16-28-24-11-5-2-8-21(19)24/h1-12,15-17,27-28H,13-14H2. The lowest BCUT2D eigenvalue weighted by atomic mass is 9.73. The van der Waals surface area contributed by atoms with E-state index < -0.39 is 0 Å². The number of hydrogen-bond acceptors (Lipinski definition) is 1. The van der Waals surface area contributed by atoms with E-state index in [0.717, 1.165) is 18.5 Å². The second kappa shape index (κ2) is 6.21. The van der Waals surface area contributed by atoms with Crippen LogP contribution in [-0.4, -0.2) is 16.2 Å². The lowest BCUT2D eigenvalue weighted by molar-refractivity contribution is 0.593. The molecule has 3 heteroatoms. The van der Waals surface area contributed by atoms with E-state index in [1.54, 1.807) is 0 Å². The summed E-state index contributed by atoms with van der Waals surface area (Å²) in [5.41, 5.74) is 7.29. The van der Waals surface area contributed by atoms with E-state index in [1.807, 2.05) is 0 Å². The van der Waals surface area contributed by atoms with E-state index in [9.17, 15) is 0 Å². The molecule has 1 aliphatic rings. The van der Waals surface area contributed by atoms with Crippen molar-refractivity contribution in [2.45, 2.75) is 18.3 Å². The first-order chi connectivity index (χ1) is 14.3. The van der Waals surface area contributed by atoms with E-state index in [2.05, 4.69) is 101 Å². The highest BCUT2D eigenvalue weighted by molar-refractivity contribution is 5.90. The van der Waals surface area contributed by atoms with Gasteiger partial charge in [-0.3, -0.25) is 4.99 Å². The van der Waals surface area contributed by atoms with Gasteiger partial charge in [0.25, 0.3) is 0 Å². The third-order valence-corrected chi connectivity index (χ3v) is 6.25. The molecule has 0 amide bonds. The molecule has 0 radical (unpaired) electrons. The lowest BCUT2D eigenvalue weighted by Crippen LogP contribution is -2.31. The quantitative estimate of drug-likeness (QED) is 0.382. The van der Waals surface area contributed by atoms with E-state index in [-0.39, 0.29) is 5.41 Å². The number of nitrogens with zero attached hydrogens (tertiary/aromatic N) is 1. The van der Waals surface area contributed by atoms with Gasteiger partial charge in [-0.2, -0.15) is 0 Å². The Balaban J connectivity index is 1.50. The molecule has 0 fully saturated rings. The zero-order valence-electron chi connectivity index (χ0n) is 16.0. The van der Waals surface area contributed by atoms with Gasteiger partial charge in [-0.1, -0.05) is 54.6 Å². The number of aliphatic imine (C=N–C) groups is 1. The van der Waals surface area contributed by atoms with Crippen LogP contribution < -0.4 is 0 Å². The molecule has 6 rings (SSSR count). The Morgan fingerprint density at radius 1 is 0.655 bits per heavy atom.